The highest BCUT2D eigenvalue weighted by molar-refractivity contribution is 7.83. The molecule has 2 aromatic carbocycles. The number of aryl methyl sites for hydroxylation is 3. The van der Waals surface area contributed by atoms with Crippen LogP contribution in [0.25, 0.3) is 5.69 Å². The lowest BCUT2D eigenvalue weighted by Crippen LogP contribution is -2.17. The Kier molecular flexibility index (Phi) is 4.44. The van der Waals surface area contributed by atoms with Crippen molar-refractivity contribution in [1.29, 1.82) is 0 Å². The number of rotatable bonds is 3. The summed E-state index contributed by atoms with van der Waals surface area (Å²) < 4.78 is 13.8. The molecule has 0 fully saturated rings. The number of benzene rings is 2. The van der Waals surface area contributed by atoms with E-state index in [0.29, 0.717) is 22.9 Å². The van der Waals surface area contributed by atoms with E-state index in [1.807, 2.05) is 63.2 Å². The quantitative estimate of drug-likeness (QED) is 0.753. The standard InChI is InChI=1S/C21H21N3O2S/c1-13-8-14(2)10-16(9-13)21(25)22-20-17-11-27(26)12-18(17)23-24(20)19-7-5-4-6-15(19)3/h4-10H,11-12H2,1-3H3,(H,22,25). The van der Waals surface area contributed by atoms with Crippen LogP contribution in [0.5, 0.6) is 0 Å². The highest BCUT2D eigenvalue weighted by Gasteiger charge is 2.28. The minimum absolute atomic E-state index is 0.183. The summed E-state index contributed by atoms with van der Waals surface area (Å²) in [5.41, 5.74) is 6.33. The third-order valence-electron chi connectivity index (χ3n) is 4.73. The zero-order valence-electron chi connectivity index (χ0n) is 15.6. The smallest absolute Gasteiger partial charge is 0.256 e. The van der Waals surface area contributed by atoms with Crippen molar-refractivity contribution in [2.75, 3.05) is 5.32 Å². The molecule has 0 saturated carbocycles. The zero-order chi connectivity index (χ0) is 19.1. The molecule has 1 aliphatic rings. The molecule has 6 heteroatoms. The Morgan fingerprint density at radius 1 is 1.07 bits per heavy atom. The Morgan fingerprint density at radius 2 is 1.78 bits per heavy atom. The Labute approximate surface area is 160 Å². The summed E-state index contributed by atoms with van der Waals surface area (Å²) in [6, 6.07) is 13.7. The van der Waals surface area contributed by atoms with Gasteiger partial charge >= 0.3 is 0 Å². The summed E-state index contributed by atoms with van der Waals surface area (Å²) >= 11 is 0. The van der Waals surface area contributed by atoms with E-state index in [1.54, 1.807) is 4.68 Å². The van der Waals surface area contributed by atoms with Gasteiger partial charge in [-0.05, 0) is 44.5 Å². The van der Waals surface area contributed by atoms with E-state index in [-0.39, 0.29) is 5.91 Å². The summed E-state index contributed by atoms with van der Waals surface area (Å²) in [5.74, 6) is 1.29. The van der Waals surface area contributed by atoms with E-state index in [0.717, 1.165) is 33.6 Å². The normalized spacial score (nSPS) is 15.6. The van der Waals surface area contributed by atoms with Crippen LogP contribution in [0.1, 0.15) is 38.3 Å². The fourth-order valence-corrected chi connectivity index (χ4v) is 4.78. The Balaban J connectivity index is 1.78. The molecule has 1 aromatic heterocycles. The second kappa shape index (κ2) is 6.78. The van der Waals surface area contributed by atoms with Gasteiger partial charge in [0, 0.05) is 21.9 Å². The second-order valence-electron chi connectivity index (χ2n) is 7.03. The van der Waals surface area contributed by atoms with Crippen molar-refractivity contribution >= 4 is 22.5 Å². The molecule has 0 saturated heterocycles. The van der Waals surface area contributed by atoms with Crippen molar-refractivity contribution in [2.24, 2.45) is 0 Å². The average molecular weight is 379 g/mol. The van der Waals surface area contributed by atoms with Gasteiger partial charge in [0.15, 0.2) is 0 Å². The van der Waals surface area contributed by atoms with Crippen molar-refractivity contribution < 1.29 is 9.00 Å². The molecule has 0 radical (unpaired) electrons. The summed E-state index contributed by atoms with van der Waals surface area (Å²) in [6.45, 7) is 5.96. The van der Waals surface area contributed by atoms with Crippen molar-refractivity contribution in [3.8, 4) is 5.69 Å². The van der Waals surface area contributed by atoms with Crippen LogP contribution in [-0.4, -0.2) is 19.9 Å². The molecule has 0 aliphatic carbocycles. The first-order chi connectivity index (χ1) is 12.9. The fraction of sp³-hybridized carbons (Fsp3) is 0.238. The Morgan fingerprint density at radius 3 is 2.48 bits per heavy atom. The topological polar surface area (TPSA) is 64.0 Å². The maximum absolute atomic E-state index is 12.9. The number of para-hydroxylation sites is 1. The van der Waals surface area contributed by atoms with Crippen molar-refractivity contribution in [3.63, 3.8) is 0 Å². The van der Waals surface area contributed by atoms with E-state index in [2.05, 4.69) is 10.4 Å². The van der Waals surface area contributed by atoms with Crippen LogP contribution in [0.4, 0.5) is 5.82 Å². The number of hydrogen-bond acceptors (Lipinski definition) is 3. The minimum atomic E-state index is -0.962. The number of nitrogens with zero attached hydrogens (tertiary/aromatic N) is 2. The van der Waals surface area contributed by atoms with Crippen LogP contribution >= 0.6 is 0 Å². The molecule has 4 rings (SSSR count). The number of carbonyl (C=O) groups excluding carboxylic acids is 1. The summed E-state index contributed by atoms with van der Waals surface area (Å²) in [7, 11) is -0.962. The Hall–Kier alpha value is -2.73. The molecule has 1 unspecified atom stereocenters. The Bertz CT molecular complexity index is 1060. The molecule has 1 aliphatic heterocycles. The van der Waals surface area contributed by atoms with Crippen LogP contribution in [0, 0.1) is 20.8 Å². The molecule has 27 heavy (non-hydrogen) atoms. The molecule has 3 aromatic rings. The molecule has 138 valence electrons. The highest BCUT2D eigenvalue weighted by atomic mass is 32.2. The van der Waals surface area contributed by atoms with Crippen LogP contribution in [0.3, 0.4) is 0 Å². The predicted octanol–water partition coefficient (Wildman–Crippen LogP) is 3.81. The number of fused-ring (bicyclic) bond motifs is 1. The molecule has 1 atom stereocenters. The largest absolute Gasteiger partial charge is 0.306 e. The van der Waals surface area contributed by atoms with Crippen LogP contribution in [-0.2, 0) is 22.3 Å². The third kappa shape index (κ3) is 3.32. The van der Waals surface area contributed by atoms with E-state index >= 15 is 0 Å². The number of anilines is 1. The van der Waals surface area contributed by atoms with Gasteiger partial charge in [-0.25, -0.2) is 4.68 Å². The molecule has 1 amide bonds. The SMILES string of the molecule is Cc1cc(C)cc(C(=O)Nc2c3c(nn2-c2ccccc2C)CS(=O)C3)c1. The van der Waals surface area contributed by atoms with Gasteiger partial charge in [0.2, 0.25) is 0 Å². The van der Waals surface area contributed by atoms with Crippen molar-refractivity contribution in [1.82, 2.24) is 9.78 Å². The monoisotopic (exact) mass is 379 g/mol. The number of aromatic nitrogens is 2. The molecule has 5 nitrogen and oxygen atoms in total. The van der Waals surface area contributed by atoms with Crippen LogP contribution in [0.15, 0.2) is 42.5 Å². The molecule has 0 spiro atoms. The highest BCUT2D eigenvalue weighted by Crippen LogP contribution is 2.32. The average Bonchev–Trinajstić information content (AvgIpc) is 3.11. The first-order valence-electron chi connectivity index (χ1n) is 8.84. The lowest BCUT2D eigenvalue weighted by molar-refractivity contribution is 0.102. The first-order valence-corrected chi connectivity index (χ1v) is 10.3. The van der Waals surface area contributed by atoms with E-state index in [4.69, 9.17) is 0 Å². The van der Waals surface area contributed by atoms with Gasteiger partial charge in [-0.15, -0.1) is 0 Å². The van der Waals surface area contributed by atoms with Crippen molar-refractivity contribution in [2.45, 2.75) is 32.3 Å². The molecule has 2 heterocycles. The summed E-state index contributed by atoms with van der Waals surface area (Å²) in [5, 5.41) is 7.70. The molecular formula is C21H21N3O2S. The van der Waals surface area contributed by atoms with E-state index < -0.39 is 10.8 Å². The van der Waals surface area contributed by atoms with Gasteiger partial charge in [0.1, 0.15) is 5.82 Å². The number of nitrogens with one attached hydrogen (secondary N) is 1. The maximum Gasteiger partial charge on any atom is 0.256 e. The number of amides is 1. The van der Waals surface area contributed by atoms with Gasteiger partial charge in [0.25, 0.3) is 5.91 Å². The van der Waals surface area contributed by atoms with Gasteiger partial charge in [-0.2, -0.15) is 5.10 Å². The van der Waals surface area contributed by atoms with Crippen LogP contribution in [0.2, 0.25) is 0 Å². The predicted molar refractivity (Wildman–Crippen MR) is 108 cm³/mol. The van der Waals surface area contributed by atoms with Gasteiger partial charge in [-0.1, -0.05) is 35.4 Å². The van der Waals surface area contributed by atoms with Gasteiger partial charge < -0.3 is 5.32 Å². The molecule has 1 N–H and O–H groups in total. The van der Waals surface area contributed by atoms with Gasteiger partial charge in [-0.3, -0.25) is 9.00 Å². The zero-order valence-corrected chi connectivity index (χ0v) is 16.4. The second-order valence-corrected chi connectivity index (χ2v) is 8.49. The summed E-state index contributed by atoms with van der Waals surface area (Å²) in [4.78, 5) is 12.9. The number of carbonyl (C=O) groups is 1. The van der Waals surface area contributed by atoms with Crippen molar-refractivity contribution in [3.05, 3.63) is 76.0 Å². The summed E-state index contributed by atoms with van der Waals surface area (Å²) in [6.07, 6.45) is 0. The third-order valence-corrected chi connectivity index (χ3v) is 5.94. The first kappa shape index (κ1) is 17.7. The van der Waals surface area contributed by atoms with Crippen LogP contribution < -0.4 is 5.32 Å². The molecule has 0 bridgehead atoms. The lowest BCUT2D eigenvalue weighted by atomic mass is 10.1. The molecular weight excluding hydrogens is 358 g/mol. The van der Waals surface area contributed by atoms with E-state index in [1.165, 1.54) is 0 Å². The lowest BCUT2D eigenvalue weighted by Gasteiger charge is -2.13. The fourth-order valence-electron chi connectivity index (χ4n) is 3.52. The maximum atomic E-state index is 12.9. The van der Waals surface area contributed by atoms with E-state index in [9.17, 15) is 9.00 Å². The minimum Gasteiger partial charge on any atom is -0.306 e. The number of hydrogen-bond donors (Lipinski definition) is 1. The van der Waals surface area contributed by atoms with Gasteiger partial charge in [0.05, 0.1) is 22.9 Å².